The molecule has 128 valence electrons. The van der Waals surface area contributed by atoms with Gasteiger partial charge in [-0.1, -0.05) is 0 Å². The van der Waals surface area contributed by atoms with E-state index < -0.39 is 5.91 Å². The summed E-state index contributed by atoms with van der Waals surface area (Å²) < 4.78 is 5.34. The van der Waals surface area contributed by atoms with Crippen LogP contribution in [-0.4, -0.2) is 23.8 Å². The zero-order valence-electron chi connectivity index (χ0n) is 13.8. The molecule has 1 heterocycles. The number of carbonyl (C=O) groups excluding carboxylic acids is 2. The minimum absolute atomic E-state index is 0.0394. The van der Waals surface area contributed by atoms with Crippen molar-refractivity contribution in [3.63, 3.8) is 0 Å². The van der Waals surface area contributed by atoms with Crippen LogP contribution < -0.4 is 15.8 Å². The summed E-state index contributed by atoms with van der Waals surface area (Å²) in [5.41, 5.74) is 7.44. The first-order valence-corrected chi connectivity index (χ1v) is 7.71. The number of rotatable bonds is 7. The Morgan fingerprint density at radius 3 is 2.44 bits per heavy atom. The molecule has 0 unspecified atom stereocenters. The maximum atomic E-state index is 12.3. The molecule has 0 aliphatic heterocycles. The van der Waals surface area contributed by atoms with Gasteiger partial charge in [-0.2, -0.15) is 0 Å². The van der Waals surface area contributed by atoms with Gasteiger partial charge in [0.25, 0.3) is 5.91 Å². The minimum Gasteiger partial charge on any atom is -0.494 e. The number of aldehydes is 1. The van der Waals surface area contributed by atoms with Gasteiger partial charge in [0, 0.05) is 24.3 Å². The van der Waals surface area contributed by atoms with Gasteiger partial charge in [0.05, 0.1) is 12.2 Å². The lowest BCUT2D eigenvalue weighted by Crippen LogP contribution is -2.15. The predicted octanol–water partition coefficient (Wildman–Crippen LogP) is 2.54. The monoisotopic (exact) mass is 337 g/mol. The van der Waals surface area contributed by atoms with Crippen molar-refractivity contribution in [1.29, 1.82) is 0 Å². The number of hydrogen-bond acceptors (Lipinski definition) is 5. The SMILES string of the molecule is CCOc1ccc(NC(=O)/C(C=O)=C/C(=C\N)c2ccncc2)cc1. The number of nitrogens with one attached hydrogen (secondary N) is 1. The molecule has 1 aromatic heterocycles. The number of carbonyl (C=O) groups is 2. The van der Waals surface area contributed by atoms with Crippen molar-refractivity contribution in [2.45, 2.75) is 6.92 Å². The van der Waals surface area contributed by atoms with Crippen molar-refractivity contribution in [3.05, 3.63) is 72.2 Å². The lowest BCUT2D eigenvalue weighted by Gasteiger charge is -2.08. The molecule has 0 bridgehead atoms. The molecule has 0 saturated carbocycles. The average molecular weight is 337 g/mol. The fourth-order valence-electron chi connectivity index (χ4n) is 2.10. The Labute approximate surface area is 146 Å². The first-order valence-electron chi connectivity index (χ1n) is 7.71. The summed E-state index contributed by atoms with van der Waals surface area (Å²) in [6, 6.07) is 10.4. The van der Waals surface area contributed by atoms with Crippen LogP contribution in [0.3, 0.4) is 0 Å². The molecule has 0 aliphatic carbocycles. The smallest absolute Gasteiger partial charge is 0.258 e. The third kappa shape index (κ3) is 5.04. The molecule has 3 N–H and O–H groups in total. The van der Waals surface area contributed by atoms with Crippen LogP contribution in [0, 0.1) is 0 Å². The molecule has 6 nitrogen and oxygen atoms in total. The summed E-state index contributed by atoms with van der Waals surface area (Å²) in [5.74, 6) is 0.185. The van der Waals surface area contributed by atoms with Crippen LogP contribution in [0.15, 0.2) is 66.6 Å². The quantitative estimate of drug-likeness (QED) is 0.266. The molecule has 1 aromatic carbocycles. The summed E-state index contributed by atoms with van der Waals surface area (Å²) in [6.07, 6.45) is 6.48. The van der Waals surface area contributed by atoms with E-state index in [2.05, 4.69) is 10.3 Å². The molecule has 0 saturated heterocycles. The van der Waals surface area contributed by atoms with Crippen LogP contribution >= 0.6 is 0 Å². The van der Waals surface area contributed by atoms with Gasteiger partial charge in [0.1, 0.15) is 5.75 Å². The summed E-state index contributed by atoms with van der Waals surface area (Å²) in [7, 11) is 0. The average Bonchev–Trinajstić information content (AvgIpc) is 2.65. The minimum atomic E-state index is -0.521. The molecular formula is C19H19N3O3. The summed E-state index contributed by atoms with van der Waals surface area (Å²) in [6.45, 7) is 2.45. The van der Waals surface area contributed by atoms with Gasteiger partial charge in [-0.15, -0.1) is 0 Å². The van der Waals surface area contributed by atoms with E-state index in [4.69, 9.17) is 10.5 Å². The number of hydrogen-bond donors (Lipinski definition) is 2. The Bertz CT molecular complexity index is 781. The normalized spacial score (nSPS) is 11.7. The summed E-state index contributed by atoms with van der Waals surface area (Å²) >= 11 is 0. The fourth-order valence-corrected chi connectivity index (χ4v) is 2.10. The van der Waals surface area contributed by atoms with Crippen LogP contribution in [0.1, 0.15) is 12.5 Å². The van der Waals surface area contributed by atoms with Crippen LogP contribution in [0.25, 0.3) is 5.57 Å². The molecular weight excluding hydrogens is 318 g/mol. The van der Waals surface area contributed by atoms with E-state index >= 15 is 0 Å². The molecule has 0 spiro atoms. The Hall–Kier alpha value is -3.41. The molecule has 0 aliphatic rings. The van der Waals surface area contributed by atoms with E-state index in [1.807, 2.05) is 6.92 Å². The Morgan fingerprint density at radius 2 is 1.88 bits per heavy atom. The number of anilines is 1. The highest BCUT2D eigenvalue weighted by Crippen LogP contribution is 2.18. The molecule has 2 rings (SSSR count). The first kappa shape index (κ1) is 17.9. The van der Waals surface area contributed by atoms with Crippen molar-refractivity contribution in [3.8, 4) is 5.75 Å². The number of nitrogens with two attached hydrogens (primary N) is 1. The summed E-state index contributed by atoms with van der Waals surface area (Å²) in [5, 5.41) is 2.67. The second-order valence-corrected chi connectivity index (χ2v) is 4.99. The van der Waals surface area contributed by atoms with E-state index in [9.17, 15) is 9.59 Å². The largest absolute Gasteiger partial charge is 0.494 e. The highest BCUT2D eigenvalue weighted by Gasteiger charge is 2.11. The number of allylic oxidation sites excluding steroid dienone is 2. The maximum absolute atomic E-state index is 12.3. The van der Waals surface area contributed by atoms with Crippen molar-refractivity contribution >= 4 is 23.5 Å². The second-order valence-electron chi connectivity index (χ2n) is 4.99. The molecule has 0 fully saturated rings. The van der Waals surface area contributed by atoms with E-state index in [1.54, 1.807) is 48.8 Å². The number of pyridine rings is 1. The van der Waals surface area contributed by atoms with E-state index in [0.717, 1.165) is 5.56 Å². The van der Waals surface area contributed by atoms with Gasteiger partial charge in [-0.3, -0.25) is 14.6 Å². The van der Waals surface area contributed by atoms with Crippen molar-refractivity contribution in [2.24, 2.45) is 5.73 Å². The highest BCUT2D eigenvalue weighted by molar-refractivity contribution is 6.17. The fraction of sp³-hybridized carbons (Fsp3) is 0.105. The molecule has 25 heavy (non-hydrogen) atoms. The van der Waals surface area contributed by atoms with Crippen LogP contribution in [0.4, 0.5) is 5.69 Å². The second kappa shape index (κ2) is 9.02. The van der Waals surface area contributed by atoms with Crippen molar-refractivity contribution in [2.75, 3.05) is 11.9 Å². The molecule has 0 atom stereocenters. The molecule has 0 radical (unpaired) electrons. The maximum Gasteiger partial charge on any atom is 0.258 e. The van der Waals surface area contributed by atoms with Crippen LogP contribution in [0.5, 0.6) is 5.75 Å². The van der Waals surface area contributed by atoms with E-state index in [-0.39, 0.29) is 5.57 Å². The van der Waals surface area contributed by atoms with Crippen molar-refractivity contribution < 1.29 is 14.3 Å². The van der Waals surface area contributed by atoms with Gasteiger partial charge in [0.15, 0.2) is 6.29 Å². The lowest BCUT2D eigenvalue weighted by molar-refractivity contribution is -0.115. The highest BCUT2D eigenvalue weighted by atomic mass is 16.5. The number of ether oxygens (including phenoxy) is 1. The van der Waals surface area contributed by atoms with Gasteiger partial charge in [0.2, 0.25) is 0 Å². The number of amides is 1. The van der Waals surface area contributed by atoms with Gasteiger partial charge < -0.3 is 15.8 Å². The Balaban J connectivity index is 2.16. The third-order valence-corrected chi connectivity index (χ3v) is 3.32. The van der Waals surface area contributed by atoms with Gasteiger partial charge in [-0.05, 0) is 60.5 Å². The van der Waals surface area contributed by atoms with Gasteiger partial charge in [-0.25, -0.2) is 0 Å². The standard InChI is InChI=1S/C19H19N3O3/c1-2-25-18-5-3-17(4-6-18)22-19(24)16(13-23)11-15(12-20)14-7-9-21-10-8-14/h3-13H,2,20H2,1H3,(H,22,24)/b15-12+,16-11+. The first-order chi connectivity index (χ1) is 12.2. The zero-order chi connectivity index (χ0) is 18.1. The molecule has 6 heteroatoms. The topological polar surface area (TPSA) is 94.3 Å². The van der Waals surface area contributed by atoms with Gasteiger partial charge >= 0.3 is 0 Å². The number of benzene rings is 1. The Kier molecular flexibility index (Phi) is 6.47. The zero-order valence-corrected chi connectivity index (χ0v) is 13.8. The van der Waals surface area contributed by atoms with Crippen LogP contribution in [0.2, 0.25) is 0 Å². The number of nitrogens with zero attached hydrogens (tertiary/aromatic N) is 1. The van der Waals surface area contributed by atoms with Crippen LogP contribution in [-0.2, 0) is 9.59 Å². The third-order valence-electron chi connectivity index (χ3n) is 3.32. The predicted molar refractivity (Wildman–Crippen MR) is 96.8 cm³/mol. The molecule has 2 aromatic rings. The summed E-state index contributed by atoms with van der Waals surface area (Å²) in [4.78, 5) is 27.6. The van der Waals surface area contributed by atoms with E-state index in [1.165, 1.54) is 12.3 Å². The number of aromatic nitrogens is 1. The molecule has 1 amide bonds. The van der Waals surface area contributed by atoms with Crippen molar-refractivity contribution in [1.82, 2.24) is 4.98 Å². The Morgan fingerprint density at radius 1 is 1.20 bits per heavy atom. The lowest BCUT2D eigenvalue weighted by atomic mass is 10.1. The van der Waals surface area contributed by atoms with E-state index in [0.29, 0.717) is 29.9 Å².